The summed E-state index contributed by atoms with van der Waals surface area (Å²) in [5.41, 5.74) is 3.02. The highest BCUT2D eigenvalue weighted by molar-refractivity contribution is 6.04. The third kappa shape index (κ3) is 3.82. The predicted octanol–water partition coefficient (Wildman–Crippen LogP) is 5.07. The molecule has 0 aliphatic carbocycles. The number of hydrogen-bond donors (Lipinski definition) is 1. The summed E-state index contributed by atoms with van der Waals surface area (Å²) in [4.78, 5) is 12.1. The molecule has 114 valence electrons. The van der Waals surface area contributed by atoms with Crippen LogP contribution in [0, 0.1) is 12.7 Å². The van der Waals surface area contributed by atoms with Crippen LogP contribution < -0.4 is 5.32 Å². The number of halogens is 1. The Morgan fingerprint density at radius 1 is 1.14 bits per heavy atom. The molecule has 0 unspecified atom stereocenters. The van der Waals surface area contributed by atoms with E-state index in [-0.39, 0.29) is 11.6 Å². The van der Waals surface area contributed by atoms with E-state index in [0.717, 1.165) is 0 Å². The molecule has 2 aromatic rings. The molecule has 1 N–H and O–H groups in total. The highest BCUT2D eigenvalue weighted by Crippen LogP contribution is 2.18. The van der Waals surface area contributed by atoms with Crippen molar-refractivity contribution in [2.45, 2.75) is 26.7 Å². The summed E-state index contributed by atoms with van der Waals surface area (Å²) in [6, 6.07) is 12.4. The first-order valence-corrected chi connectivity index (χ1v) is 7.31. The Labute approximate surface area is 130 Å². The second kappa shape index (κ2) is 7.03. The van der Waals surface area contributed by atoms with Crippen molar-refractivity contribution >= 4 is 11.5 Å². The lowest BCUT2D eigenvalue weighted by Gasteiger charge is -2.06. The monoisotopic (exact) mass is 297 g/mol. The van der Waals surface area contributed by atoms with Crippen molar-refractivity contribution in [1.82, 2.24) is 0 Å². The van der Waals surface area contributed by atoms with Gasteiger partial charge in [-0.15, -0.1) is 0 Å². The van der Waals surface area contributed by atoms with Gasteiger partial charge in [0.2, 0.25) is 0 Å². The van der Waals surface area contributed by atoms with Crippen LogP contribution in [-0.2, 0) is 0 Å². The second-order valence-electron chi connectivity index (χ2n) is 5.53. The summed E-state index contributed by atoms with van der Waals surface area (Å²) in [5.74, 6) is 0.0863. The van der Waals surface area contributed by atoms with Crippen LogP contribution in [0.1, 0.15) is 41.3 Å². The van der Waals surface area contributed by atoms with Crippen LogP contribution in [0.4, 0.5) is 10.1 Å². The lowest BCUT2D eigenvalue weighted by Crippen LogP contribution is -1.98. The van der Waals surface area contributed by atoms with Gasteiger partial charge in [-0.2, -0.15) is 0 Å². The topological polar surface area (TPSA) is 29.1 Å². The first kappa shape index (κ1) is 16.0. The van der Waals surface area contributed by atoms with Crippen molar-refractivity contribution in [2.75, 3.05) is 5.32 Å². The number of allylic oxidation sites excluding steroid dienone is 1. The van der Waals surface area contributed by atoms with Gasteiger partial charge in [-0.05, 0) is 30.5 Å². The highest BCUT2D eigenvalue weighted by atomic mass is 19.1. The van der Waals surface area contributed by atoms with Gasteiger partial charge in [-0.3, -0.25) is 4.79 Å². The smallest absolute Gasteiger partial charge is 0.187 e. The molecule has 0 aliphatic rings. The Morgan fingerprint density at radius 2 is 1.82 bits per heavy atom. The van der Waals surface area contributed by atoms with Crippen molar-refractivity contribution in [2.24, 2.45) is 0 Å². The summed E-state index contributed by atoms with van der Waals surface area (Å²) < 4.78 is 13.4. The van der Waals surface area contributed by atoms with E-state index in [1.807, 2.05) is 24.3 Å². The Hall–Kier alpha value is -2.42. The molecule has 0 atom stereocenters. The number of nitrogens with one attached hydrogen (secondary N) is 1. The third-order valence-corrected chi connectivity index (χ3v) is 3.60. The normalized spacial score (nSPS) is 11.1. The molecule has 0 bridgehead atoms. The average Bonchev–Trinajstić information content (AvgIpc) is 2.51. The third-order valence-electron chi connectivity index (χ3n) is 3.60. The maximum absolute atomic E-state index is 13.4. The van der Waals surface area contributed by atoms with Crippen LogP contribution in [0.5, 0.6) is 0 Å². The van der Waals surface area contributed by atoms with E-state index in [1.54, 1.807) is 25.3 Å². The summed E-state index contributed by atoms with van der Waals surface area (Å²) in [6.07, 6.45) is 3.00. The van der Waals surface area contributed by atoms with Crippen LogP contribution >= 0.6 is 0 Å². The molecule has 2 aromatic carbocycles. The number of benzene rings is 2. The van der Waals surface area contributed by atoms with Crippen molar-refractivity contribution in [3.05, 3.63) is 77.2 Å². The van der Waals surface area contributed by atoms with Crippen molar-refractivity contribution in [1.29, 1.82) is 0 Å². The van der Waals surface area contributed by atoms with Crippen molar-refractivity contribution < 1.29 is 9.18 Å². The van der Waals surface area contributed by atoms with Crippen molar-refractivity contribution in [3.8, 4) is 0 Å². The minimum atomic E-state index is -0.269. The SMILES string of the molecule is Cc1c(F)cccc1NC=CC(=O)c1ccc(C(C)C)cc1. The molecule has 0 aliphatic heterocycles. The molecular weight excluding hydrogens is 277 g/mol. The molecule has 22 heavy (non-hydrogen) atoms. The van der Waals surface area contributed by atoms with Gasteiger partial charge in [0, 0.05) is 29.1 Å². The standard InChI is InChI=1S/C19H20FNO/c1-13(2)15-7-9-16(10-8-15)19(22)11-12-21-18-6-4-5-17(20)14(18)3/h4-13,21H,1-3H3. The molecule has 0 amide bonds. The van der Waals surface area contributed by atoms with Gasteiger partial charge in [-0.1, -0.05) is 44.2 Å². The molecule has 0 aromatic heterocycles. The Bertz CT molecular complexity index is 687. The summed E-state index contributed by atoms with van der Waals surface area (Å²) >= 11 is 0. The van der Waals surface area contributed by atoms with E-state index in [0.29, 0.717) is 22.7 Å². The minimum absolute atomic E-state index is 0.0862. The highest BCUT2D eigenvalue weighted by Gasteiger charge is 2.04. The number of hydrogen-bond acceptors (Lipinski definition) is 2. The van der Waals surface area contributed by atoms with Crippen LogP contribution in [0.15, 0.2) is 54.7 Å². The molecular formula is C19H20FNO. The van der Waals surface area contributed by atoms with E-state index in [9.17, 15) is 9.18 Å². The van der Waals surface area contributed by atoms with E-state index in [4.69, 9.17) is 0 Å². The van der Waals surface area contributed by atoms with Gasteiger partial charge < -0.3 is 5.32 Å². The summed E-state index contributed by atoms with van der Waals surface area (Å²) in [5, 5.41) is 2.94. The molecule has 0 fully saturated rings. The van der Waals surface area contributed by atoms with Gasteiger partial charge in [0.15, 0.2) is 5.78 Å². The number of ketones is 1. The quantitative estimate of drug-likeness (QED) is 0.617. The number of rotatable bonds is 5. The molecule has 0 saturated heterocycles. The Morgan fingerprint density at radius 3 is 2.45 bits per heavy atom. The lowest BCUT2D eigenvalue weighted by molar-refractivity contribution is 0.104. The van der Waals surface area contributed by atoms with Gasteiger partial charge in [0.05, 0.1) is 0 Å². The van der Waals surface area contributed by atoms with E-state index < -0.39 is 0 Å². The molecule has 2 rings (SSSR count). The van der Waals surface area contributed by atoms with E-state index >= 15 is 0 Å². The maximum Gasteiger partial charge on any atom is 0.187 e. The predicted molar refractivity (Wildman–Crippen MR) is 88.8 cm³/mol. The summed E-state index contributed by atoms with van der Waals surface area (Å²) in [7, 11) is 0. The average molecular weight is 297 g/mol. The maximum atomic E-state index is 13.4. The zero-order chi connectivity index (χ0) is 16.1. The number of carbonyl (C=O) groups excluding carboxylic acids is 1. The largest absolute Gasteiger partial charge is 0.361 e. The van der Waals surface area contributed by atoms with Crippen molar-refractivity contribution in [3.63, 3.8) is 0 Å². The van der Waals surface area contributed by atoms with E-state index in [1.165, 1.54) is 17.7 Å². The molecule has 3 heteroatoms. The van der Waals surface area contributed by atoms with Gasteiger partial charge in [0.25, 0.3) is 0 Å². The fraction of sp³-hybridized carbons (Fsp3) is 0.211. The zero-order valence-corrected chi connectivity index (χ0v) is 13.1. The fourth-order valence-electron chi connectivity index (χ4n) is 2.10. The molecule has 0 heterocycles. The minimum Gasteiger partial charge on any atom is -0.361 e. The molecule has 0 radical (unpaired) electrons. The van der Waals surface area contributed by atoms with Crippen LogP contribution in [0.2, 0.25) is 0 Å². The Kier molecular flexibility index (Phi) is 5.10. The van der Waals surface area contributed by atoms with Gasteiger partial charge in [-0.25, -0.2) is 4.39 Å². The van der Waals surface area contributed by atoms with Crippen LogP contribution in [0.3, 0.4) is 0 Å². The van der Waals surface area contributed by atoms with E-state index in [2.05, 4.69) is 19.2 Å². The van der Waals surface area contributed by atoms with Gasteiger partial charge >= 0.3 is 0 Å². The number of carbonyl (C=O) groups is 1. The first-order chi connectivity index (χ1) is 10.5. The van der Waals surface area contributed by atoms with Crippen LogP contribution in [-0.4, -0.2) is 5.78 Å². The molecule has 2 nitrogen and oxygen atoms in total. The summed E-state index contributed by atoms with van der Waals surface area (Å²) in [6.45, 7) is 5.92. The Balaban J connectivity index is 2.03. The number of anilines is 1. The zero-order valence-electron chi connectivity index (χ0n) is 13.1. The van der Waals surface area contributed by atoms with Crippen LogP contribution in [0.25, 0.3) is 0 Å². The molecule has 0 saturated carbocycles. The second-order valence-corrected chi connectivity index (χ2v) is 5.53. The van der Waals surface area contributed by atoms with Gasteiger partial charge in [0.1, 0.15) is 5.82 Å². The molecule has 0 spiro atoms. The fourth-order valence-corrected chi connectivity index (χ4v) is 2.10. The lowest BCUT2D eigenvalue weighted by atomic mass is 10.0. The first-order valence-electron chi connectivity index (χ1n) is 7.31.